The van der Waals surface area contributed by atoms with Gasteiger partial charge in [-0.2, -0.15) is 0 Å². The highest BCUT2D eigenvalue weighted by Crippen LogP contribution is 2.24. The first-order valence-electron chi connectivity index (χ1n) is 6.68. The van der Waals surface area contributed by atoms with Gasteiger partial charge in [0.2, 0.25) is 0 Å². The fourth-order valence-corrected chi connectivity index (χ4v) is 4.82. The lowest BCUT2D eigenvalue weighted by Crippen LogP contribution is -2.47. The third-order valence-corrected chi connectivity index (χ3v) is 5.71. The van der Waals surface area contributed by atoms with Crippen molar-refractivity contribution >= 4 is 32.3 Å². The van der Waals surface area contributed by atoms with Crippen LogP contribution >= 0.6 is 0 Å². The summed E-state index contributed by atoms with van der Waals surface area (Å²) in [4.78, 5) is 15.3. The molecule has 1 aliphatic heterocycles. The lowest BCUT2D eigenvalue weighted by molar-refractivity contribution is 0.0911. The maximum atomic E-state index is 12.3. The molecule has 1 aromatic heterocycles. The Kier molecular flexibility index (Phi) is 2.98. The van der Waals surface area contributed by atoms with E-state index in [1.807, 2.05) is 6.07 Å². The molecule has 1 aliphatic rings. The molecule has 2 heterocycles. The molecule has 0 spiro atoms. The second-order valence-electron chi connectivity index (χ2n) is 5.89. The molecule has 0 aliphatic carbocycles. The van der Waals surface area contributed by atoms with E-state index in [2.05, 4.69) is 10.3 Å². The number of aromatic nitrogens is 1. The standard InChI is InChI=1S/C14H17N3O3S/c1-14(4-5-21(19,20)8-14)17-13(18)12-7-9-6-10(15)2-3-11(9)16-12/h2-3,6-7,16H,4-5,8,15H2,1H3,(H,17,18). The van der Waals surface area contributed by atoms with Crippen molar-refractivity contribution in [2.45, 2.75) is 18.9 Å². The fourth-order valence-electron chi connectivity index (χ4n) is 2.72. The predicted molar refractivity (Wildman–Crippen MR) is 81.9 cm³/mol. The van der Waals surface area contributed by atoms with Crippen LogP contribution in [0.3, 0.4) is 0 Å². The maximum absolute atomic E-state index is 12.3. The monoisotopic (exact) mass is 307 g/mol. The number of amides is 1. The van der Waals surface area contributed by atoms with Crippen LogP contribution in [0, 0.1) is 0 Å². The molecule has 0 bridgehead atoms. The number of aromatic amines is 1. The molecule has 2 aromatic rings. The lowest BCUT2D eigenvalue weighted by atomic mass is 10.0. The number of H-pyrrole nitrogens is 1. The topological polar surface area (TPSA) is 105 Å². The van der Waals surface area contributed by atoms with Crippen molar-refractivity contribution in [3.63, 3.8) is 0 Å². The van der Waals surface area contributed by atoms with Crippen molar-refractivity contribution in [2.75, 3.05) is 17.2 Å². The predicted octanol–water partition coefficient (Wildman–Crippen LogP) is 1.06. The molecular formula is C14H17N3O3S. The summed E-state index contributed by atoms with van der Waals surface area (Å²) in [6.07, 6.45) is 0.439. The Bertz CT molecular complexity index is 825. The molecule has 4 N–H and O–H groups in total. The van der Waals surface area contributed by atoms with Gasteiger partial charge >= 0.3 is 0 Å². The molecule has 3 rings (SSSR count). The summed E-state index contributed by atoms with van der Waals surface area (Å²) in [6.45, 7) is 1.76. The van der Waals surface area contributed by atoms with Crippen molar-refractivity contribution in [2.24, 2.45) is 0 Å². The van der Waals surface area contributed by atoms with Crippen LogP contribution in [-0.2, 0) is 9.84 Å². The molecule has 1 fully saturated rings. The first kappa shape index (κ1) is 13.9. The molecule has 7 heteroatoms. The van der Waals surface area contributed by atoms with Gasteiger partial charge in [0.05, 0.1) is 17.0 Å². The largest absolute Gasteiger partial charge is 0.399 e. The van der Waals surface area contributed by atoms with Gasteiger partial charge in [0.1, 0.15) is 5.69 Å². The summed E-state index contributed by atoms with van der Waals surface area (Å²) in [5, 5.41) is 3.67. The van der Waals surface area contributed by atoms with Crippen LogP contribution in [0.5, 0.6) is 0 Å². The Hall–Kier alpha value is -2.02. The molecule has 1 aromatic carbocycles. The van der Waals surface area contributed by atoms with E-state index < -0.39 is 15.4 Å². The second kappa shape index (κ2) is 4.49. The summed E-state index contributed by atoms with van der Waals surface area (Å²) < 4.78 is 23.1. The van der Waals surface area contributed by atoms with E-state index in [-0.39, 0.29) is 17.4 Å². The summed E-state index contributed by atoms with van der Waals surface area (Å²) in [7, 11) is -3.05. The van der Waals surface area contributed by atoms with Gasteiger partial charge < -0.3 is 16.0 Å². The van der Waals surface area contributed by atoms with Crippen LogP contribution in [0.15, 0.2) is 24.3 Å². The number of nitrogens with one attached hydrogen (secondary N) is 2. The number of rotatable bonds is 2. The van der Waals surface area contributed by atoms with Gasteiger partial charge in [-0.3, -0.25) is 4.79 Å². The molecule has 0 radical (unpaired) electrons. The minimum atomic E-state index is -3.05. The van der Waals surface area contributed by atoms with Crippen molar-refractivity contribution in [1.82, 2.24) is 10.3 Å². The number of hydrogen-bond acceptors (Lipinski definition) is 4. The number of benzene rings is 1. The summed E-state index contributed by atoms with van der Waals surface area (Å²) >= 11 is 0. The van der Waals surface area contributed by atoms with Crippen molar-refractivity contribution in [3.05, 3.63) is 30.0 Å². The van der Waals surface area contributed by atoms with Crippen LogP contribution in [-0.4, -0.2) is 36.4 Å². The van der Waals surface area contributed by atoms with Crippen molar-refractivity contribution in [1.29, 1.82) is 0 Å². The van der Waals surface area contributed by atoms with Crippen LogP contribution in [0.2, 0.25) is 0 Å². The van der Waals surface area contributed by atoms with Crippen LogP contribution in [0.1, 0.15) is 23.8 Å². The van der Waals surface area contributed by atoms with E-state index in [9.17, 15) is 13.2 Å². The molecule has 21 heavy (non-hydrogen) atoms. The smallest absolute Gasteiger partial charge is 0.268 e. The quantitative estimate of drug-likeness (QED) is 0.721. The van der Waals surface area contributed by atoms with Gasteiger partial charge in [-0.15, -0.1) is 0 Å². The normalized spacial score (nSPS) is 24.2. The van der Waals surface area contributed by atoms with Crippen LogP contribution < -0.4 is 11.1 Å². The number of sulfone groups is 1. The maximum Gasteiger partial charge on any atom is 0.268 e. The first-order valence-corrected chi connectivity index (χ1v) is 8.50. The molecule has 112 valence electrons. The summed E-state index contributed by atoms with van der Waals surface area (Å²) in [6, 6.07) is 7.06. The Morgan fingerprint density at radius 2 is 2.14 bits per heavy atom. The molecule has 1 saturated heterocycles. The van der Waals surface area contributed by atoms with Crippen molar-refractivity contribution < 1.29 is 13.2 Å². The molecular weight excluding hydrogens is 290 g/mol. The number of nitrogens with two attached hydrogens (primary N) is 1. The van der Waals surface area contributed by atoms with Gasteiger partial charge in [0.25, 0.3) is 5.91 Å². The third kappa shape index (κ3) is 2.73. The van der Waals surface area contributed by atoms with Gasteiger partial charge in [-0.05, 0) is 37.6 Å². The summed E-state index contributed by atoms with van der Waals surface area (Å²) in [5.41, 5.74) is 6.86. The average Bonchev–Trinajstić information content (AvgIpc) is 2.90. The Morgan fingerprint density at radius 3 is 2.81 bits per heavy atom. The van der Waals surface area contributed by atoms with E-state index in [1.165, 1.54) is 0 Å². The van der Waals surface area contributed by atoms with Gasteiger partial charge in [0, 0.05) is 16.6 Å². The molecule has 1 atom stereocenters. The van der Waals surface area contributed by atoms with E-state index in [4.69, 9.17) is 5.73 Å². The molecule has 6 nitrogen and oxygen atoms in total. The summed E-state index contributed by atoms with van der Waals surface area (Å²) in [5.74, 6) is -0.198. The number of anilines is 1. The zero-order valence-corrected chi connectivity index (χ0v) is 12.5. The fraction of sp³-hybridized carbons (Fsp3) is 0.357. The highest BCUT2D eigenvalue weighted by Gasteiger charge is 2.39. The molecule has 0 saturated carbocycles. The highest BCUT2D eigenvalue weighted by molar-refractivity contribution is 7.91. The van der Waals surface area contributed by atoms with E-state index in [1.54, 1.807) is 25.1 Å². The van der Waals surface area contributed by atoms with E-state index >= 15 is 0 Å². The third-order valence-electron chi connectivity index (χ3n) is 3.81. The Morgan fingerprint density at radius 1 is 1.38 bits per heavy atom. The zero-order valence-electron chi connectivity index (χ0n) is 11.6. The van der Waals surface area contributed by atoms with Gasteiger partial charge in [-0.25, -0.2) is 8.42 Å². The van der Waals surface area contributed by atoms with Gasteiger partial charge in [0.15, 0.2) is 9.84 Å². The van der Waals surface area contributed by atoms with Crippen LogP contribution in [0.4, 0.5) is 5.69 Å². The minimum absolute atomic E-state index is 0.0150. The SMILES string of the molecule is CC1(NC(=O)c2cc3cc(N)ccc3[nH]2)CCS(=O)(=O)C1. The molecule has 1 amide bonds. The van der Waals surface area contributed by atoms with Gasteiger partial charge in [-0.1, -0.05) is 0 Å². The number of carbonyl (C=O) groups excluding carboxylic acids is 1. The lowest BCUT2D eigenvalue weighted by Gasteiger charge is -2.23. The number of fused-ring (bicyclic) bond motifs is 1. The average molecular weight is 307 g/mol. The number of carbonyl (C=O) groups is 1. The van der Waals surface area contributed by atoms with E-state index in [0.717, 1.165) is 10.9 Å². The second-order valence-corrected chi connectivity index (χ2v) is 8.07. The number of hydrogen-bond donors (Lipinski definition) is 3. The highest BCUT2D eigenvalue weighted by atomic mass is 32.2. The Labute approximate surface area is 122 Å². The number of nitrogen functional groups attached to an aromatic ring is 1. The first-order chi connectivity index (χ1) is 9.76. The van der Waals surface area contributed by atoms with Crippen molar-refractivity contribution in [3.8, 4) is 0 Å². The Balaban J connectivity index is 1.84. The minimum Gasteiger partial charge on any atom is -0.399 e. The zero-order chi connectivity index (χ0) is 15.3. The van der Waals surface area contributed by atoms with Crippen LogP contribution in [0.25, 0.3) is 10.9 Å². The van der Waals surface area contributed by atoms with E-state index in [0.29, 0.717) is 17.8 Å². The molecule has 1 unspecified atom stereocenters.